The van der Waals surface area contributed by atoms with E-state index in [9.17, 15) is 18.0 Å². The Balaban J connectivity index is 2.20. The Morgan fingerprint density at radius 1 is 1.00 bits per heavy atom. The van der Waals surface area contributed by atoms with Gasteiger partial charge in [0, 0.05) is 5.69 Å². The van der Waals surface area contributed by atoms with Crippen LogP contribution in [0.2, 0.25) is 0 Å². The van der Waals surface area contributed by atoms with Crippen LogP contribution in [0.5, 0.6) is 0 Å². The van der Waals surface area contributed by atoms with Gasteiger partial charge >= 0.3 is 5.97 Å². The van der Waals surface area contributed by atoms with Gasteiger partial charge in [0.25, 0.3) is 0 Å². The average Bonchev–Trinajstić information content (AvgIpc) is 2.63. The SMILES string of the molecule is CCOC(=O)c1ccc(NC(=O)CN(c2ccc(C)c(C)c2)S(C)(=O)=O)c(C)c1. The second-order valence-corrected chi connectivity index (χ2v) is 8.74. The zero-order valence-electron chi connectivity index (χ0n) is 17.3. The van der Waals surface area contributed by atoms with Gasteiger partial charge in [-0.2, -0.15) is 0 Å². The predicted octanol–water partition coefficient (Wildman–Crippen LogP) is 3.19. The first-order valence-corrected chi connectivity index (χ1v) is 11.0. The maximum atomic E-state index is 12.6. The molecule has 0 aliphatic heterocycles. The highest BCUT2D eigenvalue weighted by Gasteiger charge is 2.21. The van der Waals surface area contributed by atoms with Crippen LogP contribution in [0.4, 0.5) is 11.4 Å². The van der Waals surface area contributed by atoms with Crippen molar-refractivity contribution in [3.63, 3.8) is 0 Å². The Morgan fingerprint density at radius 3 is 2.24 bits per heavy atom. The van der Waals surface area contributed by atoms with Gasteiger partial charge in [-0.1, -0.05) is 6.07 Å². The summed E-state index contributed by atoms with van der Waals surface area (Å²) in [6.45, 7) is 7.20. The number of carbonyl (C=O) groups excluding carboxylic acids is 2. The number of amides is 1. The number of rotatable bonds is 7. The van der Waals surface area contributed by atoms with Crippen molar-refractivity contribution in [1.82, 2.24) is 0 Å². The average molecular weight is 419 g/mol. The first kappa shape index (κ1) is 22.4. The molecule has 0 atom stereocenters. The maximum absolute atomic E-state index is 12.6. The Kier molecular flexibility index (Phi) is 7.02. The molecule has 7 nitrogen and oxygen atoms in total. The van der Waals surface area contributed by atoms with Gasteiger partial charge in [0.1, 0.15) is 6.54 Å². The van der Waals surface area contributed by atoms with E-state index in [0.717, 1.165) is 21.7 Å². The topological polar surface area (TPSA) is 92.8 Å². The van der Waals surface area contributed by atoms with Crippen LogP contribution in [0, 0.1) is 20.8 Å². The summed E-state index contributed by atoms with van der Waals surface area (Å²) in [7, 11) is -3.66. The highest BCUT2D eigenvalue weighted by atomic mass is 32.2. The molecule has 0 heterocycles. The third-order valence-electron chi connectivity index (χ3n) is 4.48. The highest BCUT2D eigenvalue weighted by molar-refractivity contribution is 7.92. The number of sulfonamides is 1. The van der Waals surface area contributed by atoms with Crippen molar-refractivity contribution in [2.24, 2.45) is 0 Å². The number of ether oxygens (including phenoxy) is 1. The van der Waals surface area contributed by atoms with Crippen molar-refractivity contribution in [3.05, 3.63) is 58.7 Å². The Hall–Kier alpha value is -2.87. The minimum atomic E-state index is -3.66. The number of benzene rings is 2. The van der Waals surface area contributed by atoms with Crippen molar-refractivity contribution in [1.29, 1.82) is 0 Å². The Bertz CT molecular complexity index is 1030. The molecule has 0 saturated carbocycles. The Labute approximate surface area is 171 Å². The molecule has 2 rings (SSSR count). The summed E-state index contributed by atoms with van der Waals surface area (Å²) in [4.78, 5) is 24.4. The van der Waals surface area contributed by atoms with Gasteiger partial charge in [-0.15, -0.1) is 0 Å². The van der Waals surface area contributed by atoms with Crippen LogP contribution in [0.15, 0.2) is 36.4 Å². The standard InChI is InChI=1S/C21H26N2O5S/c1-6-28-21(25)17-8-10-19(16(4)11-17)22-20(24)13-23(29(5,26)27)18-9-7-14(2)15(3)12-18/h7-12H,6,13H2,1-5H3,(H,22,24). The fourth-order valence-corrected chi connectivity index (χ4v) is 3.59. The molecule has 0 radical (unpaired) electrons. The van der Waals surface area contributed by atoms with E-state index < -0.39 is 21.9 Å². The first-order valence-electron chi connectivity index (χ1n) is 9.15. The summed E-state index contributed by atoms with van der Waals surface area (Å²) in [6.07, 6.45) is 1.06. The summed E-state index contributed by atoms with van der Waals surface area (Å²) in [5, 5.41) is 2.71. The molecule has 0 aliphatic carbocycles. The molecule has 0 unspecified atom stereocenters. The summed E-state index contributed by atoms with van der Waals surface area (Å²) in [5.41, 5.74) is 3.94. The number of anilines is 2. The van der Waals surface area contributed by atoms with Gasteiger partial charge in [0.2, 0.25) is 15.9 Å². The number of nitrogens with zero attached hydrogens (tertiary/aromatic N) is 1. The number of esters is 1. The maximum Gasteiger partial charge on any atom is 0.338 e. The lowest BCUT2D eigenvalue weighted by Crippen LogP contribution is -2.37. The smallest absolute Gasteiger partial charge is 0.338 e. The number of aryl methyl sites for hydroxylation is 3. The molecule has 0 fully saturated rings. The molecule has 8 heteroatoms. The quantitative estimate of drug-likeness (QED) is 0.697. The lowest BCUT2D eigenvalue weighted by Gasteiger charge is -2.23. The molecule has 1 N–H and O–H groups in total. The highest BCUT2D eigenvalue weighted by Crippen LogP contribution is 2.22. The molecule has 0 aliphatic rings. The molecule has 1 amide bonds. The van der Waals surface area contributed by atoms with Crippen LogP contribution >= 0.6 is 0 Å². The van der Waals surface area contributed by atoms with E-state index in [1.54, 1.807) is 44.2 Å². The monoisotopic (exact) mass is 418 g/mol. The predicted molar refractivity (Wildman–Crippen MR) is 114 cm³/mol. The van der Waals surface area contributed by atoms with Crippen LogP contribution in [-0.2, 0) is 19.6 Å². The summed E-state index contributed by atoms with van der Waals surface area (Å²) in [6, 6.07) is 10.0. The van der Waals surface area contributed by atoms with Crippen LogP contribution in [0.1, 0.15) is 34.0 Å². The fraction of sp³-hybridized carbons (Fsp3) is 0.333. The zero-order chi connectivity index (χ0) is 21.8. The lowest BCUT2D eigenvalue weighted by molar-refractivity contribution is -0.114. The van der Waals surface area contributed by atoms with Crippen molar-refractivity contribution in [2.45, 2.75) is 27.7 Å². The molecule has 2 aromatic rings. The van der Waals surface area contributed by atoms with Gasteiger partial charge in [0.15, 0.2) is 0 Å². The fourth-order valence-electron chi connectivity index (χ4n) is 2.75. The molecule has 0 saturated heterocycles. The number of carbonyl (C=O) groups is 2. The number of hydrogen-bond donors (Lipinski definition) is 1. The zero-order valence-corrected chi connectivity index (χ0v) is 18.1. The van der Waals surface area contributed by atoms with Crippen LogP contribution in [-0.4, -0.2) is 39.7 Å². The molecule has 156 valence electrons. The van der Waals surface area contributed by atoms with E-state index >= 15 is 0 Å². The second-order valence-electron chi connectivity index (χ2n) is 6.84. The van der Waals surface area contributed by atoms with Gasteiger partial charge in [0.05, 0.1) is 24.1 Å². The number of nitrogens with one attached hydrogen (secondary N) is 1. The van der Waals surface area contributed by atoms with E-state index in [1.165, 1.54) is 0 Å². The molecular weight excluding hydrogens is 392 g/mol. The molecule has 0 aromatic heterocycles. The van der Waals surface area contributed by atoms with Gasteiger partial charge < -0.3 is 10.1 Å². The molecule has 0 bridgehead atoms. The van der Waals surface area contributed by atoms with Crippen molar-refractivity contribution in [3.8, 4) is 0 Å². The van der Waals surface area contributed by atoms with Crippen molar-refractivity contribution < 1.29 is 22.7 Å². The molecule has 0 spiro atoms. The second kappa shape index (κ2) is 9.09. The van der Waals surface area contributed by atoms with Gasteiger partial charge in [-0.05, 0) is 74.7 Å². The molecule has 2 aromatic carbocycles. The van der Waals surface area contributed by atoms with E-state index in [-0.39, 0.29) is 13.2 Å². The third-order valence-corrected chi connectivity index (χ3v) is 5.62. The summed E-state index contributed by atoms with van der Waals surface area (Å²) >= 11 is 0. The van der Waals surface area contributed by atoms with Crippen molar-refractivity contribution in [2.75, 3.05) is 29.0 Å². The Morgan fingerprint density at radius 2 is 1.69 bits per heavy atom. The van der Waals surface area contributed by atoms with E-state index in [2.05, 4.69) is 5.32 Å². The van der Waals surface area contributed by atoms with E-state index in [0.29, 0.717) is 22.5 Å². The molecular formula is C21H26N2O5S. The van der Waals surface area contributed by atoms with Gasteiger partial charge in [-0.3, -0.25) is 9.10 Å². The van der Waals surface area contributed by atoms with Crippen LogP contribution < -0.4 is 9.62 Å². The largest absolute Gasteiger partial charge is 0.462 e. The summed E-state index contributed by atoms with van der Waals surface area (Å²) < 4.78 is 30.5. The van der Waals surface area contributed by atoms with E-state index in [1.807, 2.05) is 19.9 Å². The third kappa shape index (κ3) is 5.80. The minimum Gasteiger partial charge on any atom is -0.462 e. The molecule has 29 heavy (non-hydrogen) atoms. The van der Waals surface area contributed by atoms with Crippen molar-refractivity contribution >= 4 is 33.3 Å². The van der Waals surface area contributed by atoms with Crippen LogP contribution in [0.3, 0.4) is 0 Å². The van der Waals surface area contributed by atoms with Gasteiger partial charge in [-0.25, -0.2) is 13.2 Å². The first-order chi connectivity index (χ1) is 13.5. The lowest BCUT2D eigenvalue weighted by atomic mass is 10.1. The normalized spacial score (nSPS) is 11.1. The van der Waals surface area contributed by atoms with Crippen LogP contribution in [0.25, 0.3) is 0 Å². The summed E-state index contributed by atoms with van der Waals surface area (Å²) in [5.74, 6) is -0.924. The number of hydrogen-bond acceptors (Lipinski definition) is 5. The minimum absolute atomic E-state index is 0.274. The van der Waals surface area contributed by atoms with E-state index in [4.69, 9.17) is 4.74 Å².